The molecular weight excluding hydrogens is 344 g/mol. The Kier molecular flexibility index (Phi) is 4.37. The Bertz CT molecular complexity index is 619. The molecule has 0 aliphatic heterocycles. The second-order valence-corrected chi connectivity index (χ2v) is 5.02. The first kappa shape index (κ1) is 14.2. The summed E-state index contributed by atoms with van der Waals surface area (Å²) >= 11 is 8.62. The molecule has 0 N–H and O–H groups in total. The van der Waals surface area contributed by atoms with Crippen LogP contribution >= 0.6 is 27.5 Å². The molecule has 2 aromatic carbocycles. The smallest absolute Gasteiger partial charge is 0.200 e. The quantitative estimate of drug-likeness (QED) is 0.699. The first-order chi connectivity index (χ1) is 8.99. The van der Waals surface area contributed by atoms with E-state index >= 15 is 0 Å². The van der Waals surface area contributed by atoms with E-state index in [9.17, 15) is 13.2 Å². The van der Waals surface area contributed by atoms with Crippen molar-refractivity contribution in [3.05, 3.63) is 62.8 Å². The van der Waals surface area contributed by atoms with Crippen molar-refractivity contribution >= 4 is 27.5 Å². The molecule has 100 valence electrons. The van der Waals surface area contributed by atoms with Gasteiger partial charge in [0.2, 0.25) is 5.82 Å². The molecule has 1 nitrogen and oxygen atoms in total. The molecule has 0 aliphatic rings. The van der Waals surface area contributed by atoms with Gasteiger partial charge in [0.05, 0.1) is 5.02 Å². The Labute approximate surface area is 121 Å². The molecule has 0 spiro atoms. The molecule has 2 rings (SSSR count). The Balaban J connectivity index is 2.21. The summed E-state index contributed by atoms with van der Waals surface area (Å²) in [6, 6.07) is 6.62. The van der Waals surface area contributed by atoms with E-state index in [2.05, 4.69) is 15.9 Å². The molecule has 0 aliphatic carbocycles. The Morgan fingerprint density at radius 1 is 1.11 bits per heavy atom. The van der Waals surface area contributed by atoms with Crippen molar-refractivity contribution in [3.63, 3.8) is 0 Å². The molecule has 0 heterocycles. The van der Waals surface area contributed by atoms with Crippen molar-refractivity contribution in [1.29, 1.82) is 0 Å². The molecule has 0 saturated heterocycles. The third-order valence-electron chi connectivity index (χ3n) is 2.37. The van der Waals surface area contributed by atoms with Gasteiger partial charge in [0, 0.05) is 10.0 Å². The summed E-state index contributed by atoms with van der Waals surface area (Å²) in [5.74, 6) is -3.10. The first-order valence-electron chi connectivity index (χ1n) is 5.19. The van der Waals surface area contributed by atoms with E-state index in [1.54, 1.807) is 6.07 Å². The van der Waals surface area contributed by atoms with Gasteiger partial charge in [0.15, 0.2) is 11.6 Å². The highest BCUT2D eigenvalue weighted by Gasteiger charge is 2.13. The lowest BCUT2D eigenvalue weighted by molar-refractivity contribution is 0.279. The summed E-state index contributed by atoms with van der Waals surface area (Å²) in [5.41, 5.74) is 0.160. The van der Waals surface area contributed by atoms with Crippen LogP contribution in [-0.2, 0) is 6.61 Å². The summed E-state index contributed by atoms with van der Waals surface area (Å²) in [6.45, 7) is -0.251. The van der Waals surface area contributed by atoms with Crippen molar-refractivity contribution in [3.8, 4) is 5.75 Å². The molecule has 0 bridgehead atoms. The van der Waals surface area contributed by atoms with Gasteiger partial charge in [-0.1, -0.05) is 39.7 Å². The molecule has 0 saturated carbocycles. The fraction of sp³-hybridized carbons (Fsp3) is 0.0769. The average Bonchev–Trinajstić information content (AvgIpc) is 2.36. The SMILES string of the molecule is Fc1cc(Br)cc(OCc2cccc(Cl)c2F)c1F. The van der Waals surface area contributed by atoms with Gasteiger partial charge in [-0.15, -0.1) is 0 Å². The number of halogens is 5. The second kappa shape index (κ2) is 5.84. The number of hydrogen-bond acceptors (Lipinski definition) is 1. The molecule has 0 atom stereocenters. The van der Waals surface area contributed by atoms with Gasteiger partial charge in [-0.05, 0) is 18.2 Å². The summed E-state index contributed by atoms with van der Waals surface area (Å²) in [7, 11) is 0. The van der Waals surface area contributed by atoms with Gasteiger partial charge < -0.3 is 4.74 Å². The summed E-state index contributed by atoms with van der Waals surface area (Å²) in [4.78, 5) is 0. The van der Waals surface area contributed by atoms with Gasteiger partial charge in [-0.25, -0.2) is 8.78 Å². The second-order valence-electron chi connectivity index (χ2n) is 3.70. The Hall–Kier alpha value is -1.20. The predicted octanol–water partition coefficient (Wildman–Crippen LogP) is 5.10. The highest BCUT2D eigenvalue weighted by molar-refractivity contribution is 9.10. The van der Waals surface area contributed by atoms with E-state index in [1.807, 2.05) is 0 Å². The molecule has 0 radical (unpaired) electrons. The molecule has 2 aromatic rings. The van der Waals surface area contributed by atoms with Crippen molar-refractivity contribution in [1.82, 2.24) is 0 Å². The number of ether oxygens (including phenoxy) is 1. The minimum atomic E-state index is -1.12. The highest BCUT2D eigenvalue weighted by Crippen LogP contribution is 2.27. The fourth-order valence-corrected chi connectivity index (χ4v) is 2.06. The maximum absolute atomic E-state index is 13.6. The Morgan fingerprint density at radius 3 is 2.58 bits per heavy atom. The maximum Gasteiger partial charge on any atom is 0.200 e. The maximum atomic E-state index is 13.6. The van der Waals surface area contributed by atoms with Crippen LogP contribution in [0, 0.1) is 17.5 Å². The molecule has 19 heavy (non-hydrogen) atoms. The third kappa shape index (κ3) is 3.22. The zero-order valence-corrected chi connectivity index (χ0v) is 11.7. The largest absolute Gasteiger partial charge is 0.486 e. The minimum absolute atomic E-state index is 0.0537. The topological polar surface area (TPSA) is 9.23 Å². The summed E-state index contributed by atoms with van der Waals surface area (Å²) in [5, 5.41) is -0.0537. The molecule has 0 amide bonds. The lowest BCUT2D eigenvalue weighted by atomic mass is 10.2. The van der Waals surface area contributed by atoms with Gasteiger partial charge >= 0.3 is 0 Å². The van der Waals surface area contributed by atoms with Crippen LogP contribution in [-0.4, -0.2) is 0 Å². The van der Waals surface area contributed by atoms with Gasteiger partial charge in [0.1, 0.15) is 12.4 Å². The van der Waals surface area contributed by atoms with Gasteiger partial charge in [-0.3, -0.25) is 0 Å². The summed E-state index contributed by atoms with van der Waals surface area (Å²) in [6.07, 6.45) is 0. The molecule has 6 heteroatoms. The monoisotopic (exact) mass is 350 g/mol. The van der Waals surface area contributed by atoms with Crippen molar-refractivity contribution in [2.24, 2.45) is 0 Å². The Morgan fingerprint density at radius 2 is 1.84 bits per heavy atom. The molecular formula is C13H7BrClF3O. The van der Waals surface area contributed by atoms with E-state index < -0.39 is 17.5 Å². The molecule has 0 fully saturated rings. The number of benzene rings is 2. The van der Waals surface area contributed by atoms with Crippen LogP contribution in [0.15, 0.2) is 34.8 Å². The van der Waals surface area contributed by atoms with E-state index in [4.69, 9.17) is 16.3 Å². The standard InChI is InChI=1S/C13H7BrClF3O/c14-8-4-10(16)13(18)11(5-8)19-6-7-2-1-3-9(15)12(7)17/h1-5H,6H2. The van der Waals surface area contributed by atoms with Crippen LogP contribution in [0.5, 0.6) is 5.75 Å². The van der Waals surface area contributed by atoms with Crippen molar-refractivity contribution in [2.45, 2.75) is 6.61 Å². The van der Waals surface area contributed by atoms with Crippen molar-refractivity contribution < 1.29 is 17.9 Å². The number of rotatable bonds is 3. The first-order valence-corrected chi connectivity index (χ1v) is 6.36. The average molecular weight is 352 g/mol. The van der Waals surface area contributed by atoms with Gasteiger partial charge in [-0.2, -0.15) is 4.39 Å². The van der Waals surface area contributed by atoms with Crippen LogP contribution in [0.4, 0.5) is 13.2 Å². The van der Waals surface area contributed by atoms with Crippen molar-refractivity contribution in [2.75, 3.05) is 0 Å². The predicted molar refractivity (Wildman–Crippen MR) is 69.8 cm³/mol. The van der Waals surface area contributed by atoms with E-state index in [1.165, 1.54) is 18.2 Å². The lowest BCUT2D eigenvalue weighted by Gasteiger charge is -2.09. The van der Waals surface area contributed by atoms with Crippen LogP contribution in [0.3, 0.4) is 0 Å². The number of hydrogen-bond donors (Lipinski definition) is 0. The fourth-order valence-electron chi connectivity index (χ4n) is 1.45. The van der Waals surface area contributed by atoms with E-state index in [0.29, 0.717) is 4.47 Å². The lowest BCUT2D eigenvalue weighted by Crippen LogP contribution is -2.01. The zero-order chi connectivity index (χ0) is 14.0. The van der Waals surface area contributed by atoms with E-state index in [0.717, 1.165) is 6.07 Å². The van der Waals surface area contributed by atoms with Crippen LogP contribution in [0.2, 0.25) is 5.02 Å². The van der Waals surface area contributed by atoms with Crippen LogP contribution in [0.1, 0.15) is 5.56 Å². The minimum Gasteiger partial charge on any atom is -0.486 e. The summed E-state index contributed by atoms with van der Waals surface area (Å²) < 4.78 is 45.5. The van der Waals surface area contributed by atoms with Gasteiger partial charge in [0.25, 0.3) is 0 Å². The molecule has 0 aromatic heterocycles. The highest BCUT2D eigenvalue weighted by atomic mass is 79.9. The van der Waals surface area contributed by atoms with E-state index in [-0.39, 0.29) is 22.9 Å². The van der Waals surface area contributed by atoms with Crippen LogP contribution < -0.4 is 4.74 Å². The normalized spacial score (nSPS) is 10.6. The zero-order valence-electron chi connectivity index (χ0n) is 9.39. The third-order valence-corrected chi connectivity index (χ3v) is 3.12. The molecule has 0 unspecified atom stereocenters. The van der Waals surface area contributed by atoms with Crippen LogP contribution in [0.25, 0.3) is 0 Å².